The lowest BCUT2D eigenvalue weighted by Gasteiger charge is -2.27. The van der Waals surface area contributed by atoms with Crippen molar-refractivity contribution in [3.63, 3.8) is 0 Å². The number of carbonyl (C=O) groups is 1. The Morgan fingerprint density at radius 1 is 1.14 bits per heavy atom. The first-order valence-corrected chi connectivity index (χ1v) is 9.33. The zero-order valence-electron chi connectivity index (χ0n) is 16.4. The summed E-state index contributed by atoms with van der Waals surface area (Å²) in [5.74, 6) is 0.736. The summed E-state index contributed by atoms with van der Waals surface area (Å²) in [5, 5.41) is 13.6. The maximum atomic E-state index is 13.0. The third-order valence-corrected chi connectivity index (χ3v) is 5.05. The number of fused-ring (bicyclic) bond motifs is 1. The Labute approximate surface area is 169 Å². The fraction of sp³-hybridized carbons (Fsp3) is 0.227. The predicted molar refractivity (Wildman–Crippen MR) is 110 cm³/mol. The van der Waals surface area contributed by atoms with Crippen molar-refractivity contribution in [2.24, 2.45) is 0 Å². The lowest BCUT2D eigenvalue weighted by Crippen LogP contribution is -2.40. The van der Waals surface area contributed by atoms with E-state index in [0.717, 1.165) is 22.8 Å². The van der Waals surface area contributed by atoms with Crippen LogP contribution >= 0.6 is 0 Å². The van der Waals surface area contributed by atoms with Gasteiger partial charge in [0.1, 0.15) is 11.4 Å². The summed E-state index contributed by atoms with van der Waals surface area (Å²) in [6.07, 6.45) is 0. The van der Waals surface area contributed by atoms with Crippen molar-refractivity contribution >= 4 is 17.3 Å². The van der Waals surface area contributed by atoms with Crippen molar-refractivity contribution in [3.05, 3.63) is 71.5 Å². The molecule has 4 rings (SSSR count). The Balaban J connectivity index is 1.51. The molecule has 0 spiro atoms. The summed E-state index contributed by atoms with van der Waals surface area (Å²) in [6, 6.07) is 18.8. The number of nitriles is 1. The van der Waals surface area contributed by atoms with Gasteiger partial charge in [-0.05, 0) is 54.6 Å². The van der Waals surface area contributed by atoms with Crippen LogP contribution in [-0.2, 0) is 13.1 Å². The highest BCUT2D eigenvalue weighted by atomic mass is 16.5. The molecule has 2 heterocycles. The molecule has 1 aromatic heterocycles. The molecule has 0 atom stereocenters. The molecule has 1 amide bonds. The molecule has 29 heavy (non-hydrogen) atoms. The maximum Gasteiger partial charge on any atom is 0.276 e. The summed E-state index contributed by atoms with van der Waals surface area (Å²) in [4.78, 5) is 16.8. The smallest absolute Gasteiger partial charge is 0.276 e. The van der Waals surface area contributed by atoms with Gasteiger partial charge in [-0.1, -0.05) is 0 Å². The molecule has 0 fully saturated rings. The third kappa shape index (κ3) is 3.65. The molecule has 0 N–H and O–H groups in total. The second kappa shape index (κ2) is 7.68. The molecule has 2 aromatic carbocycles. The molecule has 7 nitrogen and oxygen atoms in total. The number of hydrogen-bond donors (Lipinski definition) is 0. The number of ether oxygens (including phenoxy) is 1. The zero-order valence-corrected chi connectivity index (χ0v) is 16.4. The first-order valence-electron chi connectivity index (χ1n) is 9.33. The van der Waals surface area contributed by atoms with Crippen molar-refractivity contribution in [1.29, 1.82) is 5.26 Å². The highest BCUT2D eigenvalue weighted by molar-refractivity contribution is 6.05. The number of anilines is 2. The van der Waals surface area contributed by atoms with Crippen LogP contribution in [-0.4, -0.2) is 36.4 Å². The number of methoxy groups -OCH3 is 1. The first kappa shape index (κ1) is 18.6. The van der Waals surface area contributed by atoms with Crippen LogP contribution in [0.15, 0.2) is 54.6 Å². The predicted octanol–water partition coefficient (Wildman–Crippen LogP) is 3.06. The van der Waals surface area contributed by atoms with E-state index in [9.17, 15) is 4.79 Å². The molecule has 0 aliphatic carbocycles. The van der Waals surface area contributed by atoms with Gasteiger partial charge < -0.3 is 14.5 Å². The average molecular weight is 387 g/mol. The summed E-state index contributed by atoms with van der Waals surface area (Å²) >= 11 is 0. The van der Waals surface area contributed by atoms with Crippen molar-refractivity contribution < 1.29 is 9.53 Å². The van der Waals surface area contributed by atoms with Gasteiger partial charge in [0, 0.05) is 25.0 Å². The van der Waals surface area contributed by atoms with Crippen molar-refractivity contribution in [2.75, 3.05) is 30.5 Å². The van der Waals surface area contributed by atoms with Crippen LogP contribution in [0.25, 0.3) is 0 Å². The molecule has 0 saturated carbocycles. The van der Waals surface area contributed by atoms with Gasteiger partial charge in [-0.2, -0.15) is 10.4 Å². The number of amides is 1. The normalized spacial score (nSPS) is 13.0. The van der Waals surface area contributed by atoms with Gasteiger partial charge in [0.2, 0.25) is 0 Å². The second-order valence-corrected chi connectivity index (χ2v) is 6.91. The Bertz CT molecular complexity index is 1060. The van der Waals surface area contributed by atoms with Crippen molar-refractivity contribution in [3.8, 4) is 11.8 Å². The summed E-state index contributed by atoms with van der Waals surface area (Å²) in [6.45, 7) is 1.77. The van der Waals surface area contributed by atoms with E-state index < -0.39 is 0 Å². The summed E-state index contributed by atoms with van der Waals surface area (Å²) < 4.78 is 6.98. The molecule has 7 heteroatoms. The van der Waals surface area contributed by atoms with Crippen LogP contribution < -0.4 is 14.5 Å². The SMILES string of the molecule is COc1ccc(N(C)Cc2cc3n(n2)CCN(c2ccc(C#N)cc2)C3=O)cc1. The van der Waals surface area contributed by atoms with Gasteiger partial charge in [-0.3, -0.25) is 9.48 Å². The Kier molecular flexibility index (Phi) is 4.92. The number of rotatable bonds is 5. The first-order chi connectivity index (χ1) is 14.1. The zero-order chi connectivity index (χ0) is 20.4. The van der Waals surface area contributed by atoms with E-state index in [1.807, 2.05) is 37.4 Å². The Hall–Kier alpha value is -3.79. The van der Waals surface area contributed by atoms with Gasteiger partial charge in [-0.25, -0.2) is 0 Å². The summed E-state index contributed by atoms with van der Waals surface area (Å²) in [5.41, 5.74) is 3.83. The average Bonchev–Trinajstić information content (AvgIpc) is 3.17. The fourth-order valence-electron chi connectivity index (χ4n) is 3.46. The van der Waals surface area contributed by atoms with Gasteiger partial charge in [-0.15, -0.1) is 0 Å². The van der Waals surface area contributed by atoms with Gasteiger partial charge in [0.05, 0.1) is 37.5 Å². The standard InChI is InChI=1S/C22H21N5O2/c1-25(18-7-9-20(29-2)10-8-18)15-17-13-21-22(28)26(11-12-27(21)24-17)19-5-3-16(14-23)4-6-19/h3-10,13H,11-12,15H2,1-2H3. The lowest BCUT2D eigenvalue weighted by atomic mass is 10.2. The molecule has 0 radical (unpaired) electrons. The van der Waals surface area contributed by atoms with E-state index in [2.05, 4.69) is 16.1 Å². The minimum absolute atomic E-state index is 0.0770. The second-order valence-electron chi connectivity index (χ2n) is 6.91. The van der Waals surface area contributed by atoms with E-state index >= 15 is 0 Å². The highest BCUT2D eigenvalue weighted by Crippen LogP contribution is 2.24. The highest BCUT2D eigenvalue weighted by Gasteiger charge is 2.27. The van der Waals surface area contributed by atoms with Crippen molar-refractivity contribution in [2.45, 2.75) is 13.1 Å². The minimum atomic E-state index is -0.0770. The monoisotopic (exact) mass is 387 g/mol. The van der Waals surface area contributed by atoms with E-state index in [1.165, 1.54) is 0 Å². The van der Waals surface area contributed by atoms with Crippen molar-refractivity contribution in [1.82, 2.24) is 9.78 Å². The van der Waals surface area contributed by atoms with Crippen LogP contribution in [0.5, 0.6) is 5.75 Å². The molecular weight excluding hydrogens is 366 g/mol. The molecule has 3 aromatic rings. The number of nitrogens with zero attached hydrogens (tertiary/aromatic N) is 5. The summed E-state index contributed by atoms with van der Waals surface area (Å²) in [7, 11) is 3.64. The van der Waals surface area contributed by atoms with Gasteiger partial charge in [0.15, 0.2) is 0 Å². The number of benzene rings is 2. The minimum Gasteiger partial charge on any atom is -0.497 e. The Morgan fingerprint density at radius 2 is 1.86 bits per heavy atom. The van der Waals surface area contributed by atoms with E-state index in [-0.39, 0.29) is 5.91 Å². The molecular formula is C22H21N5O2. The van der Waals surface area contributed by atoms with E-state index in [0.29, 0.717) is 30.9 Å². The maximum absolute atomic E-state index is 13.0. The quantitative estimate of drug-likeness (QED) is 0.673. The van der Waals surface area contributed by atoms with Crippen LogP contribution in [0.3, 0.4) is 0 Å². The van der Waals surface area contributed by atoms with E-state index in [4.69, 9.17) is 10.00 Å². The molecule has 0 unspecified atom stereocenters. The van der Waals surface area contributed by atoms with Gasteiger partial charge >= 0.3 is 0 Å². The molecule has 0 bridgehead atoms. The van der Waals surface area contributed by atoms with Crippen LogP contribution in [0, 0.1) is 11.3 Å². The number of aromatic nitrogens is 2. The molecule has 146 valence electrons. The van der Waals surface area contributed by atoms with Gasteiger partial charge in [0.25, 0.3) is 5.91 Å². The third-order valence-electron chi connectivity index (χ3n) is 5.05. The topological polar surface area (TPSA) is 74.4 Å². The van der Waals surface area contributed by atoms with Crippen LogP contribution in [0.4, 0.5) is 11.4 Å². The fourth-order valence-corrected chi connectivity index (χ4v) is 3.46. The molecule has 1 aliphatic rings. The van der Waals surface area contributed by atoms with Crippen LogP contribution in [0.2, 0.25) is 0 Å². The van der Waals surface area contributed by atoms with E-state index in [1.54, 1.807) is 41.0 Å². The molecule has 1 aliphatic heterocycles. The number of hydrogen-bond acceptors (Lipinski definition) is 5. The molecule has 0 saturated heterocycles. The Morgan fingerprint density at radius 3 is 2.52 bits per heavy atom. The largest absolute Gasteiger partial charge is 0.497 e. The number of carbonyl (C=O) groups excluding carboxylic acids is 1. The lowest BCUT2D eigenvalue weighted by molar-refractivity contribution is 0.0962. The van der Waals surface area contributed by atoms with Crippen LogP contribution in [0.1, 0.15) is 21.7 Å².